The van der Waals surface area contributed by atoms with Crippen LogP contribution < -0.4 is 5.32 Å². The summed E-state index contributed by atoms with van der Waals surface area (Å²) in [5.41, 5.74) is -5.97. The van der Waals surface area contributed by atoms with Crippen LogP contribution in [0.15, 0.2) is 41.5 Å². The van der Waals surface area contributed by atoms with E-state index in [1.165, 1.54) is 6.92 Å². The quantitative estimate of drug-likeness (QED) is 0.0665. The molecule has 1 aromatic carbocycles. The van der Waals surface area contributed by atoms with E-state index in [0.717, 1.165) is 0 Å². The zero-order chi connectivity index (χ0) is 44.0. The molecule has 13 nitrogen and oxygen atoms in total. The van der Waals surface area contributed by atoms with Gasteiger partial charge in [-0.3, -0.25) is 9.59 Å². The predicted octanol–water partition coefficient (Wildman–Crippen LogP) is 8.17. The molecule has 10 unspecified atom stereocenters. The lowest BCUT2D eigenvalue weighted by molar-refractivity contribution is -0.345. The molecular formula is C34H57NO12P12. The number of fused-ring (bicyclic) bond motifs is 5. The molecule has 20 atom stereocenters. The number of aliphatic hydroxyl groups excluding tert-OH is 1. The van der Waals surface area contributed by atoms with Gasteiger partial charge in [0.2, 0.25) is 0 Å². The Morgan fingerprint density at radius 1 is 1.05 bits per heavy atom. The molecule has 2 saturated carbocycles. The molecule has 1 heterocycles. The average molecular weight is 1040 g/mol. The van der Waals surface area contributed by atoms with Gasteiger partial charge in [-0.25, -0.2) is 9.59 Å². The smallest absolute Gasteiger partial charge is 0.338 e. The Kier molecular flexibility index (Phi) is 18.4. The van der Waals surface area contributed by atoms with Crippen LogP contribution in [-0.2, 0) is 42.4 Å². The minimum atomic E-state index is -2.15. The Morgan fingerprint density at radius 2 is 1.68 bits per heavy atom. The Morgan fingerprint density at radius 3 is 2.20 bits per heavy atom. The molecule has 3 N–H and O–H groups in total. The van der Waals surface area contributed by atoms with Crippen molar-refractivity contribution in [3.8, 4) is 0 Å². The van der Waals surface area contributed by atoms with Crippen LogP contribution in [0.4, 0.5) is 0 Å². The SMILES string of the molecule is CN[C@@H](C)[C@@H](OPP)C(=O)O[C@H]1C[C@@]2(O)[C@@H](OC(=O)c3ccccc3)C3[C@](C)(C(=O)[C@H](OPP(P)P(P(P)P)P(P)P)C(=C1C)C2(C)C)[C@@H](O)C[C@H]1OC[C@@]31OC(C)=O. The van der Waals surface area contributed by atoms with Gasteiger partial charge in [0.25, 0.3) is 0 Å². The molecule has 59 heavy (non-hydrogen) atoms. The van der Waals surface area contributed by atoms with E-state index in [0.29, 0.717) is 11.1 Å². The molecule has 0 amide bonds. The fraction of sp³-hybridized carbons (Fsp3) is 0.647. The molecule has 4 aliphatic rings. The lowest BCUT2D eigenvalue weighted by atomic mass is 9.44. The van der Waals surface area contributed by atoms with E-state index in [4.69, 9.17) is 28.0 Å². The van der Waals surface area contributed by atoms with E-state index in [1.54, 1.807) is 72.0 Å². The van der Waals surface area contributed by atoms with E-state index in [9.17, 15) is 24.6 Å². The number of rotatable bonds is 15. The average Bonchev–Trinajstić information content (AvgIpc) is 3.16. The highest BCUT2D eigenvalue weighted by Crippen LogP contribution is 3.12. The van der Waals surface area contributed by atoms with Crippen molar-refractivity contribution in [1.82, 2.24) is 5.32 Å². The van der Waals surface area contributed by atoms with Crippen molar-refractivity contribution >= 4 is 122 Å². The normalized spacial score (nSPS) is 34.6. The minimum absolute atomic E-state index is 0.0711. The number of aliphatic hydroxyl groups is 2. The Labute approximate surface area is 368 Å². The molecule has 330 valence electrons. The molecule has 0 radical (unpaired) electrons. The van der Waals surface area contributed by atoms with Crippen LogP contribution in [0.25, 0.3) is 0 Å². The summed E-state index contributed by atoms with van der Waals surface area (Å²) >= 11 is 0. The van der Waals surface area contributed by atoms with Gasteiger partial charge in [-0.15, -0.1) is 35.7 Å². The van der Waals surface area contributed by atoms with Crippen molar-refractivity contribution in [2.24, 2.45) is 16.7 Å². The van der Waals surface area contributed by atoms with E-state index in [2.05, 4.69) is 58.9 Å². The lowest BCUT2D eigenvalue weighted by Crippen LogP contribution is -2.81. The Balaban J connectivity index is 1.81. The summed E-state index contributed by atoms with van der Waals surface area (Å²) in [7, 11) is 18.6. The number of nitrogens with one attached hydrogen (secondary N) is 1. The van der Waals surface area contributed by atoms with Crippen molar-refractivity contribution < 1.29 is 57.4 Å². The fourth-order valence-corrected chi connectivity index (χ4v) is 97.7. The van der Waals surface area contributed by atoms with Gasteiger partial charge in [-0.2, -0.15) is 0 Å². The number of esters is 3. The topological polar surface area (TPSA) is 176 Å². The first-order valence-electron chi connectivity index (χ1n) is 18.6. The Hall–Kier alpha value is 1.96. The van der Waals surface area contributed by atoms with Gasteiger partial charge >= 0.3 is 17.9 Å². The second-order valence-corrected chi connectivity index (χ2v) is 53.7. The van der Waals surface area contributed by atoms with Gasteiger partial charge in [0.15, 0.2) is 17.5 Å². The number of likely N-dealkylation sites (N-methyl/N-ethyl adjacent to an activating group) is 1. The van der Waals surface area contributed by atoms with Gasteiger partial charge in [0, 0.05) is 48.2 Å². The molecule has 1 aliphatic heterocycles. The lowest BCUT2D eigenvalue weighted by Gasteiger charge is -2.67. The van der Waals surface area contributed by atoms with Crippen molar-refractivity contribution in [1.29, 1.82) is 0 Å². The number of ether oxygens (including phenoxy) is 4. The Bertz CT molecular complexity index is 1770. The van der Waals surface area contributed by atoms with Crippen molar-refractivity contribution in [2.45, 2.75) is 108 Å². The summed E-state index contributed by atoms with van der Waals surface area (Å²) in [4.78, 5) is 57.5. The van der Waals surface area contributed by atoms with Crippen molar-refractivity contribution in [3.05, 3.63) is 47.0 Å². The van der Waals surface area contributed by atoms with E-state index in [1.807, 2.05) is 0 Å². The summed E-state index contributed by atoms with van der Waals surface area (Å²) in [5.74, 6) is -4.06. The zero-order valence-electron chi connectivity index (χ0n) is 33.9. The van der Waals surface area contributed by atoms with E-state index < -0.39 is 122 Å². The highest BCUT2D eigenvalue weighted by atomic mass is 33.2. The first-order valence-corrected chi connectivity index (χ1v) is 38.7. The largest absolute Gasteiger partial charge is 0.456 e. The highest BCUT2D eigenvalue weighted by molar-refractivity contribution is 9.17. The highest BCUT2D eigenvalue weighted by Gasteiger charge is 2.78. The van der Waals surface area contributed by atoms with Gasteiger partial charge in [-0.05, 0) is 79.0 Å². The summed E-state index contributed by atoms with van der Waals surface area (Å²) in [6.07, 6.45) is -7.81. The summed E-state index contributed by atoms with van der Waals surface area (Å²) in [6, 6.07) is 7.78. The molecule has 0 spiro atoms. The maximum atomic E-state index is 16.0. The molecule has 2 bridgehead atoms. The zero-order valence-corrected chi connectivity index (χ0v) is 46.4. The molecule has 5 rings (SSSR count). The van der Waals surface area contributed by atoms with Crippen LogP contribution in [0.1, 0.15) is 64.7 Å². The molecule has 1 aromatic rings. The number of ketones is 1. The van der Waals surface area contributed by atoms with Crippen molar-refractivity contribution in [2.75, 3.05) is 13.7 Å². The third-order valence-corrected chi connectivity index (χ3v) is 64.7. The molecule has 1 saturated heterocycles. The summed E-state index contributed by atoms with van der Waals surface area (Å²) in [6.45, 7) is 7.37. The molecule has 3 aliphatic carbocycles. The van der Waals surface area contributed by atoms with Crippen LogP contribution >= 0.6 is 98.5 Å². The van der Waals surface area contributed by atoms with Gasteiger partial charge in [-0.1, -0.05) is 49.9 Å². The minimum Gasteiger partial charge on any atom is -0.456 e. The monoisotopic (exact) mass is 1040 g/mol. The van der Waals surface area contributed by atoms with Gasteiger partial charge < -0.3 is 43.5 Å². The summed E-state index contributed by atoms with van der Waals surface area (Å²) < 4.78 is 37.8. The van der Waals surface area contributed by atoms with Crippen molar-refractivity contribution in [3.63, 3.8) is 0 Å². The molecule has 0 aromatic heterocycles. The number of Topliss-reactive ketones (excluding diaryl/α,β-unsaturated/α-hetero) is 1. The fourth-order valence-electron chi connectivity index (χ4n) is 9.12. The first-order chi connectivity index (χ1) is 27.5. The van der Waals surface area contributed by atoms with Crippen LogP contribution in [0.3, 0.4) is 0 Å². The predicted molar refractivity (Wildman–Crippen MR) is 264 cm³/mol. The second kappa shape index (κ2) is 20.9. The maximum absolute atomic E-state index is 16.0. The van der Waals surface area contributed by atoms with Crippen LogP contribution in [0.5, 0.6) is 0 Å². The second-order valence-electron chi connectivity index (χ2n) is 15.9. The van der Waals surface area contributed by atoms with Crippen LogP contribution in [0, 0.1) is 16.7 Å². The number of benzene rings is 1. The van der Waals surface area contributed by atoms with Crippen LogP contribution in [-0.4, -0.2) is 101 Å². The van der Waals surface area contributed by atoms with Gasteiger partial charge in [0.05, 0.1) is 29.6 Å². The van der Waals surface area contributed by atoms with E-state index in [-0.39, 0.29) is 42.0 Å². The number of carbonyl (C=O) groups is 4. The van der Waals surface area contributed by atoms with E-state index >= 15 is 4.79 Å². The third-order valence-electron chi connectivity index (χ3n) is 12.4. The number of hydrogen-bond acceptors (Lipinski definition) is 13. The molecule has 3 fully saturated rings. The van der Waals surface area contributed by atoms with Gasteiger partial charge in [0.1, 0.15) is 30.0 Å². The number of hydrogen-bond donors (Lipinski definition) is 3. The number of carbonyl (C=O) groups excluding carboxylic acids is 4. The first kappa shape index (κ1) is 51.9. The molecule has 25 heteroatoms. The molecular weight excluding hydrogens is 986 g/mol. The standard InChI is InChI=1S/C34H57NO12P12/c1-16-20(43-30(40)24(46-54-48)17(2)35-7)14-34(41)28(44-29(39)19-11-9-8-10-12-19)26-32(6,21(37)13-22-33(26,15-42-22)45-18(3)36)27(38)25(23(16)31(34,4)5)47-55-58(53)59(56(49)50)57(51)52/h8-12,17,20-22,24-26,28,35,37,41,54-55H,13-15,48-53H2,1-7H3/t17-,20-,21-,22+,24+,25+,26?,28-,32+,33-,34+,58?/m0/s1. The van der Waals surface area contributed by atoms with Crippen LogP contribution in [0.2, 0.25) is 0 Å². The maximum Gasteiger partial charge on any atom is 0.338 e. The third kappa shape index (κ3) is 9.86. The summed E-state index contributed by atoms with van der Waals surface area (Å²) in [5, 5.41) is 29.2.